The van der Waals surface area contributed by atoms with Gasteiger partial charge in [-0.15, -0.1) is 5.10 Å². The number of nitrogens with zero attached hydrogens (tertiary/aromatic N) is 4. The number of carboxylic acid groups (broad SMARTS) is 1. The summed E-state index contributed by atoms with van der Waals surface area (Å²) in [7, 11) is 0. The Morgan fingerprint density at radius 3 is 3.00 bits per heavy atom. The summed E-state index contributed by atoms with van der Waals surface area (Å²) in [6, 6.07) is 6.64. The summed E-state index contributed by atoms with van der Waals surface area (Å²) in [5.41, 5.74) is 1.85. The smallest absolute Gasteiger partial charge is 0.338 e. The fraction of sp³-hybridized carbons (Fsp3) is 0.0909. The van der Waals surface area contributed by atoms with Crippen LogP contribution in [0.1, 0.15) is 16.1 Å². The lowest BCUT2D eigenvalue weighted by Crippen LogP contribution is -2.02. The van der Waals surface area contributed by atoms with Gasteiger partial charge in [-0.1, -0.05) is 16.4 Å². The Morgan fingerprint density at radius 1 is 1.39 bits per heavy atom. The second kappa shape index (κ2) is 3.95. The van der Waals surface area contributed by atoms with E-state index in [1.54, 1.807) is 22.9 Å². The van der Waals surface area contributed by atoms with E-state index in [2.05, 4.69) is 15.5 Å². The van der Waals surface area contributed by atoms with E-state index in [4.69, 9.17) is 9.63 Å². The van der Waals surface area contributed by atoms with E-state index in [9.17, 15) is 4.79 Å². The minimum absolute atomic E-state index is 0.138. The molecule has 2 heterocycles. The molecule has 0 spiro atoms. The highest BCUT2D eigenvalue weighted by atomic mass is 16.5. The Hall–Kier alpha value is -2.70. The number of carboxylic acids is 1. The molecule has 3 rings (SSSR count). The number of aromatic carboxylic acids is 1. The first-order chi connectivity index (χ1) is 8.75. The van der Waals surface area contributed by atoms with Crippen molar-refractivity contribution in [2.24, 2.45) is 0 Å². The van der Waals surface area contributed by atoms with Crippen LogP contribution in [0.4, 0.5) is 0 Å². The predicted octanol–water partition coefficient (Wildman–Crippen LogP) is 1.17. The summed E-state index contributed by atoms with van der Waals surface area (Å²) in [6.45, 7) is 0.385. The van der Waals surface area contributed by atoms with Gasteiger partial charge < -0.3 is 9.63 Å². The predicted molar refractivity (Wildman–Crippen MR) is 60.1 cm³/mol. The molecule has 0 saturated carbocycles. The normalized spacial score (nSPS) is 10.9. The van der Waals surface area contributed by atoms with Crippen molar-refractivity contribution in [3.05, 3.63) is 41.8 Å². The molecule has 2 aromatic heterocycles. The molecule has 1 N–H and O–H groups in total. The van der Waals surface area contributed by atoms with Gasteiger partial charge in [0.25, 0.3) is 0 Å². The topological polar surface area (TPSA) is 94.0 Å². The molecular formula is C11H8N4O3. The first-order valence-electron chi connectivity index (χ1n) is 5.20. The molecule has 90 valence electrons. The van der Waals surface area contributed by atoms with Gasteiger partial charge in [-0.3, -0.25) is 0 Å². The van der Waals surface area contributed by atoms with E-state index >= 15 is 0 Å². The van der Waals surface area contributed by atoms with E-state index < -0.39 is 5.97 Å². The SMILES string of the molecule is O=C(O)c1cccc2c1nnn2Cc1ccon1. The molecule has 18 heavy (non-hydrogen) atoms. The molecule has 0 unspecified atom stereocenters. The van der Waals surface area contributed by atoms with E-state index in [0.717, 1.165) is 0 Å². The van der Waals surface area contributed by atoms with E-state index in [1.807, 2.05) is 0 Å². The fourth-order valence-corrected chi connectivity index (χ4v) is 1.75. The highest BCUT2D eigenvalue weighted by molar-refractivity contribution is 6.00. The Kier molecular flexibility index (Phi) is 2.30. The quantitative estimate of drug-likeness (QED) is 0.743. The first kappa shape index (κ1) is 10.5. The molecule has 0 aliphatic heterocycles. The Bertz CT molecular complexity index is 702. The molecule has 0 amide bonds. The van der Waals surface area contributed by atoms with Crippen LogP contribution in [-0.4, -0.2) is 31.2 Å². The molecule has 0 atom stereocenters. The summed E-state index contributed by atoms with van der Waals surface area (Å²) in [5.74, 6) is -1.02. The van der Waals surface area contributed by atoms with Gasteiger partial charge in [-0.25, -0.2) is 9.48 Å². The number of hydrogen-bond donors (Lipinski definition) is 1. The molecule has 7 heteroatoms. The van der Waals surface area contributed by atoms with Crippen molar-refractivity contribution in [1.29, 1.82) is 0 Å². The maximum absolute atomic E-state index is 11.0. The number of carbonyl (C=O) groups is 1. The van der Waals surface area contributed by atoms with Crippen molar-refractivity contribution in [2.45, 2.75) is 6.54 Å². The average Bonchev–Trinajstić information content (AvgIpc) is 2.99. The zero-order valence-electron chi connectivity index (χ0n) is 9.15. The third kappa shape index (κ3) is 1.61. The van der Waals surface area contributed by atoms with Crippen molar-refractivity contribution < 1.29 is 14.4 Å². The average molecular weight is 244 g/mol. The van der Waals surface area contributed by atoms with Crippen LogP contribution >= 0.6 is 0 Å². The molecule has 0 bridgehead atoms. The molecule has 0 radical (unpaired) electrons. The highest BCUT2D eigenvalue weighted by Crippen LogP contribution is 2.16. The van der Waals surface area contributed by atoms with E-state index in [-0.39, 0.29) is 5.56 Å². The Labute approximate surface area is 101 Å². The van der Waals surface area contributed by atoms with Crippen molar-refractivity contribution in [3.8, 4) is 0 Å². The lowest BCUT2D eigenvalue weighted by Gasteiger charge is -1.99. The van der Waals surface area contributed by atoms with Gasteiger partial charge in [0.15, 0.2) is 0 Å². The van der Waals surface area contributed by atoms with Crippen molar-refractivity contribution >= 4 is 17.0 Å². The lowest BCUT2D eigenvalue weighted by molar-refractivity contribution is 0.0699. The molecule has 3 aromatic rings. The molecule has 0 aliphatic rings. The Morgan fingerprint density at radius 2 is 2.28 bits per heavy atom. The summed E-state index contributed by atoms with van der Waals surface area (Å²) >= 11 is 0. The molecule has 0 fully saturated rings. The minimum Gasteiger partial charge on any atom is -0.478 e. The summed E-state index contributed by atoms with van der Waals surface area (Å²) in [4.78, 5) is 11.0. The summed E-state index contributed by atoms with van der Waals surface area (Å²) < 4.78 is 6.31. The van der Waals surface area contributed by atoms with Crippen LogP contribution in [0.15, 0.2) is 35.1 Å². The number of hydrogen-bond acceptors (Lipinski definition) is 5. The maximum atomic E-state index is 11.0. The van der Waals surface area contributed by atoms with Crippen LogP contribution in [0.5, 0.6) is 0 Å². The molecule has 0 saturated heterocycles. The Balaban J connectivity index is 2.09. The number of fused-ring (bicyclic) bond motifs is 1. The van der Waals surface area contributed by atoms with Gasteiger partial charge >= 0.3 is 5.97 Å². The van der Waals surface area contributed by atoms with E-state index in [1.165, 1.54) is 12.3 Å². The van der Waals surface area contributed by atoms with Gasteiger partial charge in [0.05, 0.1) is 17.6 Å². The van der Waals surface area contributed by atoms with Crippen LogP contribution in [0.25, 0.3) is 11.0 Å². The number of rotatable bonds is 3. The monoisotopic (exact) mass is 244 g/mol. The standard InChI is InChI=1S/C11H8N4O3/c16-11(17)8-2-1-3-9-10(8)12-14-15(9)6-7-4-5-18-13-7/h1-5H,6H2,(H,16,17). The van der Waals surface area contributed by atoms with Gasteiger partial charge in [0.1, 0.15) is 17.5 Å². The molecule has 0 aliphatic carbocycles. The fourth-order valence-electron chi connectivity index (χ4n) is 1.75. The summed E-state index contributed by atoms with van der Waals surface area (Å²) in [5, 5.41) is 20.6. The highest BCUT2D eigenvalue weighted by Gasteiger charge is 2.14. The van der Waals surface area contributed by atoms with Crippen molar-refractivity contribution in [1.82, 2.24) is 20.2 Å². The van der Waals surface area contributed by atoms with Crippen LogP contribution in [0, 0.1) is 0 Å². The second-order valence-electron chi connectivity index (χ2n) is 3.72. The first-order valence-corrected chi connectivity index (χ1v) is 5.20. The van der Waals surface area contributed by atoms with Gasteiger partial charge in [0, 0.05) is 6.07 Å². The van der Waals surface area contributed by atoms with Crippen LogP contribution in [0.3, 0.4) is 0 Å². The van der Waals surface area contributed by atoms with Crippen LogP contribution in [-0.2, 0) is 6.54 Å². The largest absolute Gasteiger partial charge is 0.478 e. The van der Waals surface area contributed by atoms with Crippen LogP contribution in [0.2, 0.25) is 0 Å². The summed E-state index contributed by atoms with van der Waals surface area (Å²) in [6.07, 6.45) is 1.47. The second-order valence-corrected chi connectivity index (χ2v) is 3.72. The molecule has 7 nitrogen and oxygen atoms in total. The van der Waals surface area contributed by atoms with E-state index in [0.29, 0.717) is 23.3 Å². The van der Waals surface area contributed by atoms with Crippen molar-refractivity contribution in [2.75, 3.05) is 0 Å². The van der Waals surface area contributed by atoms with Crippen molar-refractivity contribution in [3.63, 3.8) is 0 Å². The van der Waals surface area contributed by atoms with Gasteiger partial charge in [-0.05, 0) is 12.1 Å². The zero-order valence-corrected chi connectivity index (χ0v) is 9.15. The van der Waals surface area contributed by atoms with Gasteiger partial charge in [0.2, 0.25) is 0 Å². The number of aromatic nitrogens is 4. The third-order valence-electron chi connectivity index (χ3n) is 2.58. The molecular weight excluding hydrogens is 236 g/mol. The third-order valence-corrected chi connectivity index (χ3v) is 2.58. The number of benzene rings is 1. The lowest BCUT2D eigenvalue weighted by atomic mass is 10.2. The zero-order chi connectivity index (χ0) is 12.5. The van der Waals surface area contributed by atoms with Crippen LogP contribution < -0.4 is 0 Å². The van der Waals surface area contributed by atoms with Gasteiger partial charge in [-0.2, -0.15) is 0 Å². The maximum Gasteiger partial charge on any atom is 0.338 e. The molecule has 1 aromatic carbocycles. The minimum atomic E-state index is -1.02.